The van der Waals surface area contributed by atoms with Gasteiger partial charge in [0.15, 0.2) is 9.84 Å². The second kappa shape index (κ2) is 5.82. The molecule has 1 aliphatic rings. The Balaban J connectivity index is 2.55. The average Bonchev–Trinajstić information content (AvgIpc) is 2.41. The van der Waals surface area contributed by atoms with Gasteiger partial charge in [-0.25, -0.2) is 17.6 Å². The number of carboxylic acid groups (broad SMARTS) is 1. The molecule has 6 nitrogen and oxygen atoms in total. The number of hydrogen-bond donors (Lipinski definition) is 2. The number of hydrogen-bond acceptors (Lipinski definition) is 5. The molecule has 0 radical (unpaired) electrons. The van der Waals surface area contributed by atoms with E-state index in [9.17, 15) is 17.6 Å². The van der Waals surface area contributed by atoms with Gasteiger partial charge < -0.3 is 5.11 Å². The zero-order chi connectivity index (χ0) is 15.6. The lowest BCUT2D eigenvalue weighted by Crippen LogP contribution is -2.23. The Labute approximate surface area is 121 Å². The van der Waals surface area contributed by atoms with Crippen molar-refractivity contribution in [1.82, 2.24) is 5.48 Å². The number of alkyl halides is 1. The van der Waals surface area contributed by atoms with Crippen LogP contribution in [-0.4, -0.2) is 38.5 Å². The van der Waals surface area contributed by atoms with Gasteiger partial charge in [0.25, 0.3) is 0 Å². The van der Waals surface area contributed by atoms with Crippen LogP contribution >= 0.6 is 0 Å². The van der Waals surface area contributed by atoms with Gasteiger partial charge in [-0.1, -0.05) is 0 Å². The number of rotatable bonds is 5. The molecule has 2 N–H and O–H groups in total. The molecule has 1 aromatic carbocycles. The first-order valence-electron chi connectivity index (χ1n) is 6.12. The van der Waals surface area contributed by atoms with Crippen LogP contribution in [0.25, 0.3) is 5.70 Å². The largest absolute Gasteiger partial charge is 0.478 e. The maximum Gasteiger partial charge on any atom is 0.335 e. The van der Waals surface area contributed by atoms with E-state index in [0.717, 1.165) is 0 Å². The lowest BCUT2D eigenvalue weighted by Gasteiger charge is -2.22. The fraction of sp³-hybridized carbons (Fsp3) is 0.308. The minimum atomic E-state index is -3.51. The minimum Gasteiger partial charge on any atom is -0.478 e. The van der Waals surface area contributed by atoms with Crippen LogP contribution in [0.3, 0.4) is 0 Å². The van der Waals surface area contributed by atoms with Gasteiger partial charge >= 0.3 is 5.97 Å². The third-order valence-corrected chi connectivity index (χ3v) is 4.75. The highest BCUT2D eigenvalue weighted by atomic mass is 32.2. The van der Waals surface area contributed by atoms with Crippen LogP contribution in [0.4, 0.5) is 4.39 Å². The van der Waals surface area contributed by atoms with Crippen molar-refractivity contribution in [2.45, 2.75) is 11.8 Å². The van der Waals surface area contributed by atoms with Crippen molar-refractivity contribution < 1.29 is 27.5 Å². The van der Waals surface area contributed by atoms with Crippen molar-refractivity contribution >= 4 is 21.5 Å². The third kappa shape index (κ3) is 2.91. The number of carbonyl (C=O) groups is 1. The van der Waals surface area contributed by atoms with E-state index in [1.165, 1.54) is 25.1 Å². The molecule has 1 aliphatic heterocycles. The summed E-state index contributed by atoms with van der Waals surface area (Å²) in [7, 11) is -3.51. The molecule has 21 heavy (non-hydrogen) atoms. The van der Waals surface area contributed by atoms with Crippen molar-refractivity contribution in [1.29, 1.82) is 0 Å². The molecule has 0 aromatic heterocycles. The molecule has 0 atom stereocenters. The van der Waals surface area contributed by atoms with Crippen molar-refractivity contribution in [2.24, 2.45) is 0 Å². The Morgan fingerprint density at radius 3 is 2.81 bits per heavy atom. The molecule has 0 bridgehead atoms. The minimum absolute atomic E-state index is 0.00374. The SMILES string of the molecule is Cc1c(C(=O)O)ccc2c1C(NOCCF)=CCS2(=O)=O. The molecule has 0 unspecified atom stereocenters. The standard InChI is InChI=1S/C13H14FNO5S/c1-8-9(13(16)17)2-3-11-12(8)10(15-20-6-5-14)4-7-21(11,18)19/h2-4,15H,5-7H2,1H3,(H,16,17). The Kier molecular flexibility index (Phi) is 4.29. The number of aromatic carboxylic acids is 1. The molecule has 114 valence electrons. The highest BCUT2D eigenvalue weighted by molar-refractivity contribution is 7.91. The molecular formula is C13H14FNO5S. The highest BCUT2D eigenvalue weighted by Gasteiger charge is 2.28. The number of fused-ring (bicyclic) bond motifs is 1. The van der Waals surface area contributed by atoms with Gasteiger partial charge in [0.1, 0.15) is 13.3 Å². The first-order chi connectivity index (χ1) is 9.88. The Morgan fingerprint density at radius 2 is 2.19 bits per heavy atom. The maximum atomic E-state index is 12.1. The van der Waals surface area contributed by atoms with Crippen molar-refractivity contribution in [3.05, 3.63) is 34.9 Å². The van der Waals surface area contributed by atoms with Crippen LogP contribution in [0.1, 0.15) is 21.5 Å². The van der Waals surface area contributed by atoms with Crippen molar-refractivity contribution in [2.75, 3.05) is 19.0 Å². The van der Waals surface area contributed by atoms with Gasteiger partial charge in [0.2, 0.25) is 0 Å². The van der Waals surface area contributed by atoms with Crippen LogP contribution in [0.15, 0.2) is 23.1 Å². The molecule has 1 aromatic rings. The second-order valence-electron chi connectivity index (χ2n) is 4.46. The fourth-order valence-corrected chi connectivity index (χ4v) is 3.57. The van der Waals surface area contributed by atoms with Crippen LogP contribution in [-0.2, 0) is 14.7 Å². The lowest BCUT2D eigenvalue weighted by molar-refractivity contribution is 0.0668. The van der Waals surface area contributed by atoms with Crippen LogP contribution in [0.5, 0.6) is 0 Å². The number of halogens is 1. The van der Waals surface area contributed by atoms with Crippen molar-refractivity contribution in [3.63, 3.8) is 0 Å². The lowest BCUT2D eigenvalue weighted by atomic mass is 9.99. The van der Waals surface area contributed by atoms with Crippen LogP contribution < -0.4 is 5.48 Å². The van der Waals surface area contributed by atoms with E-state index in [1.807, 2.05) is 0 Å². The van der Waals surface area contributed by atoms with Gasteiger partial charge in [0.05, 0.1) is 21.9 Å². The van der Waals surface area contributed by atoms with Gasteiger partial charge in [-0.15, -0.1) is 0 Å². The molecule has 0 spiro atoms. The summed E-state index contributed by atoms with van der Waals surface area (Å²) in [6.45, 7) is 0.629. The van der Waals surface area contributed by atoms with Gasteiger partial charge in [-0.05, 0) is 30.7 Å². The van der Waals surface area contributed by atoms with Gasteiger partial charge in [-0.2, -0.15) is 0 Å². The summed E-state index contributed by atoms with van der Waals surface area (Å²) in [6, 6.07) is 2.53. The Morgan fingerprint density at radius 1 is 1.48 bits per heavy atom. The van der Waals surface area contributed by atoms with E-state index in [2.05, 4.69) is 5.48 Å². The molecule has 0 saturated heterocycles. The summed E-state index contributed by atoms with van der Waals surface area (Å²) in [5, 5.41) is 9.13. The quantitative estimate of drug-likeness (QED) is 0.629. The first-order valence-corrected chi connectivity index (χ1v) is 7.77. The monoisotopic (exact) mass is 315 g/mol. The van der Waals surface area contributed by atoms with Crippen LogP contribution in [0.2, 0.25) is 0 Å². The topological polar surface area (TPSA) is 92.7 Å². The zero-order valence-electron chi connectivity index (χ0n) is 11.2. The molecule has 8 heteroatoms. The van der Waals surface area contributed by atoms with E-state index in [1.54, 1.807) is 0 Å². The summed E-state index contributed by atoms with van der Waals surface area (Å²) < 4.78 is 36.2. The molecule has 1 heterocycles. The average molecular weight is 315 g/mol. The molecule has 0 fully saturated rings. The second-order valence-corrected chi connectivity index (χ2v) is 6.46. The molecule has 2 rings (SSSR count). The number of hydroxylamine groups is 1. The Hall–Kier alpha value is -1.93. The Bertz CT molecular complexity index is 712. The number of nitrogens with one attached hydrogen (secondary N) is 1. The zero-order valence-corrected chi connectivity index (χ0v) is 12.0. The summed E-state index contributed by atoms with van der Waals surface area (Å²) in [4.78, 5) is 16.1. The van der Waals surface area contributed by atoms with E-state index in [4.69, 9.17) is 9.94 Å². The highest BCUT2D eigenvalue weighted by Crippen LogP contribution is 2.32. The normalized spacial score (nSPS) is 16.0. The van der Waals surface area contributed by atoms with Crippen molar-refractivity contribution in [3.8, 4) is 0 Å². The molecular weight excluding hydrogens is 301 g/mol. The van der Waals surface area contributed by atoms with E-state index < -0.39 is 22.5 Å². The van der Waals surface area contributed by atoms with E-state index in [0.29, 0.717) is 11.3 Å². The summed E-state index contributed by atoms with van der Waals surface area (Å²) in [5.74, 6) is -1.38. The summed E-state index contributed by atoms with van der Waals surface area (Å²) in [5.41, 5.74) is 3.38. The number of sulfone groups is 1. The van der Waals surface area contributed by atoms with Gasteiger partial charge in [0, 0.05) is 5.56 Å². The first kappa shape index (κ1) is 15.5. The summed E-state index contributed by atoms with van der Waals surface area (Å²) in [6.07, 6.45) is 1.38. The van der Waals surface area contributed by atoms with E-state index in [-0.39, 0.29) is 28.4 Å². The molecule has 0 saturated carbocycles. The van der Waals surface area contributed by atoms with Crippen LogP contribution in [0, 0.1) is 6.92 Å². The maximum absolute atomic E-state index is 12.1. The fourth-order valence-electron chi connectivity index (χ4n) is 2.16. The number of carboxylic acids is 1. The van der Waals surface area contributed by atoms with Gasteiger partial charge in [-0.3, -0.25) is 10.3 Å². The third-order valence-electron chi connectivity index (χ3n) is 3.13. The predicted octanol–water partition coefficient (Wildman–Crippen LogP) is 1.31. The van der Waals surface area contributed by atoms with E-state index >= 15 is 0 Å². The molecule has 0 amide bonds. The molecule has 0 aliphatic carbocycles. The smallest absolute Gasteiger partial charge is 0.335 e. The predicted molar refractivity (Wildman–Crippen MR) is 73.2 cm³/mol. The number of benzene rings is 1. The summed E-state index contributed by atoms with van der Waals surface area (Å²) >= 11 is 0.